The average molecular weight is 279 g/mol. The summed E-state index contributed by atoms with van der Waals surface area (Å²) in [6.07, 6.45) is -2.79. The number of nitrogens with zero attached hydrogens (tertiary/aromatic N) is 3. The van der Waals surface area contributed by atoms with Crippen LogP contribution in [0.4, 0.5) is 0 Å². The highest BCUT2D eigenvalue weighted by atomic mass is 16.7. The molecule has 1 fully saturated rings. The predicted octanol–water partition coefficient (Wildman–Crippen LogP) is 1.61. The highest BCUT2D eigenvalue weighted by Crippen LogP contribution is 2.25. The van der Waals surface area contributed by atoms with Crippen LogP contribution in [0.15, 0.2) is 35.4 Å². The quantitative estimate of drug-likeness (QED) is 0.486. The standard InChI is InChI=1S/C13H17N3O4/c1-18-13-11(17)12(10(20-13)7-15-16-14)19-8-9-5-3-2-4-6-9/h2-6,10-13,17H,7-8H2,1H3/t10-,11-,12+,13?/m1/s1. The van der Waals surface area contributed by atoms with E-state index in [1.54, 1.807) is 0 Å². The number of aliphatic hydroxyl groups excluding tert-OH is 1. The second kappa shape index (κ2) is 7.23. The molecule has 0 bridgehead atoms. The van der Waals surface area contributed by atoms with Crippen molar-refractivity contribution in [3.05, 3.63) is 46.3 Å². The summed E-state index contributed by atoms with van der Waals surface area (Å²) in [6, 6.07) is 9.60. The van der Waals surface area contributed by atoms with Crippen LogP contribution in [-0.2, 0) is 20.8 Å². The maximum atomic E-state index is 10.1. The number of azide groups is 1. The summed E-state index contributed by atoms with van der Waals surface area (Å²) in [7, 11) is 1.44. The van der Waals surface area contributed by atoms with E-state index >= 15 is 0 Å². The van der Waals surface area contributed by atoms with E-state index in [0.29, 0.717) is 6.61 Å². The monoisotopic (exact) mass is 279 g/mol. The molecule has 1 saturated heterocycles. The van der Waals surface area contributed by atoms with Gasteiger partial charge in [0.15, 0.2) is 6.29 Å². The van der Waals surface area contributed by atoms with E-state index in [1.165, 1.54) is 7.11 Å². The number of ether oxygens (including phenoxy) is 3. The Balaban J connectivity index is 1.99. The highest BCUT2D eigenvalue weighted by molar-refractivity contribution is 5.13. The molecule has 0 saturated carbocycles. The summed E-state index contributed by atoms with van der Waals surface area (Å²) in [6.45, 7) is 0.433. The minimum Gasteiger partial charge on any atom is -0.385 e. The Hall–Kier alpha value is -1.63. The lowest BCUT2D eigenvalue weighted by Gasteiger charge is -2.19. The highest BCUT2D eigenvalue weighted by Gasteiger charge is 2.44. The summed E-state index contributed by atoms with van der Waals surface area (Å²) in [5.74, 6) is 0. The van der Waals surface area contributed by atoms with Crippen LogP contribution in [-0.4, -0.2) is 43.4 Å². The molecule has 1 aromatic rings. The van der Waals surface area contributed by atoms with Gasteiger partial charge in [0.1, 0.15) is 12.2 Å². The van der Waals surface area contributed by atoms with Gasteiger partial charge in [0.25, 0.3) is 0 Å². The lowest BCUT2D eigenvalue weighted by Crippen LogP contribution is -2.36. The van der Waals surface area contributed by atoms with Gasteiger partial charge in [-0.05, 0) is 11.1 Å². The molecule has 7 heteroatoms. The van der Waals surface area contributed by atoms with Gasteiger partial charge in [0, 0.05) is 12.0 Å². The van der Waals surface area contributed by atoms with Gasteiger partial charge in [0.05, 0.1) is 19.3 Å². The molecule has 0 spiro atoms. The third kappa shape index (κ3) is 3.47. The molecular weight excluding hydrogens is 262 g/mol. The van der Waals surface area contributed by atoms with Crippen LogP contribution < -0.4 is 0 Å². The molecule has 1 aromatic carbocycles. The lowest BCUT2D eigenvalue weighted by molar-refractivity contribution is -0.147. The number of aliphatic hydroxyl groups is 1. The number of hydrogen-bond acceptors (Lipinski definition) is 5. The van der Waals surface area contributed by atoms with E-state index in [1.807, 2.05) is 30.3 Å². The third-order valence-corrected chi connectivity index (χ3v) is 3.13. The fourth-order valence-electron chi connectivity index (χ4n) is 2.14. The second-order valence-corrected chi connectivity index (χ2v) is 4.44. The van der Waals surface area contributed by atoms with E-state index in [0.717, 1.165) is 5.56 Å². The van der Waals surface area contributed by atoms with E-state index in [4.69, 9.17) is 19.7 Å². The first-order chi connectivity index (χ1) is 9.76. The maximum Gasteiger partial charge on any atom is 0.186 e. The van der Waals surface area contributed by atoms with Crippen molar-refractivity contribution in [2.75, 3.05) is 13.7 Å². The molecule has 0 aromatic heterocycles. The molecule has 1 aliphatic rings. The van der Waals surface area contributed by atoms with Crippen molar-refractivity contribution in [2.24, 2.45) is 5.11 Å². The van der Waals surface area contributed by atoms with Crippen molar-refractivity contribution in [3.8, 4) is 0 Å². The zero-order valence-electron chi connectivity index (χ0n) is 11.1. The minimum absolute atomic E-state index is 0.0902. The van der Waals surface area contributed by atoms with Crippen molar-refractivity contribution in [1.29, 1.82) is 0 Å². The molecule has 1 aliphatic heterocycles. The van der Waals surface area contributed by atoms with Crippen molar-refractivity contribution >= 4 is 0 Å². The number of rotatable bonds is 6. The normalized spacial score (nSPS) is 29.1. The summed E-state index contributed by atoms with van der Waals surface area (Å²) >= 11 is 0. The van der Waals surface area contributed by atoms with Crippen molar-refractivity contribution in [1.82, 2.24) is 0 Å². The van der Waals surface area contributed by atoms with Crippen LogP contribution in [0.1, 0.15) is 5.56 Å². The van der Waals surface area contributed by atoms with Gasteiger partial charge in [-0.25, -0.2) is 0 Å². The molecule has 20 heavy (non-hydrogen) atoms. The van der Waals surface area contributed by atoms with Gasteiger partial charge >= 0.3 is 0 Å². The van der Waals surface area contributed by atoms with Crippen molar-refractivity contribution in [2.45, 2.75) is 31.2 Å². The van der Waals surface area contributed by atoms with E-state index in [2.05, 4.69) is 10.0 Å². The zero-order chi connectivity index (χ0) is 14.4. The summed E-state index contributed by atoms with van der Waals surface area (Å²) in [5, 5.41) is 13.6. The van der Waals surface area contributed by atoms with E-state index in [9.17, 15) is 5.11 Å². The van der Waals surface area contributed by atoms with Gasteiger partial charge in [-0.2, -0.15) is 0 Å². The van der Waals surface area contributed by atoms with Gasteiger partial charge < -0.3 is 19.3 Å². The Morgan fingerprint density at radius 3 is 2.80 bits per heavy atom. The van der Waals surface area contributed by atoms with Crippen LogP contribution in [0.25, 0.3) is 10.4 Å². The molecule has 108 valence electrons. The smallest absolute Gasteiger partial charge is 0.186 e. The maximum absolute atomic E-state index is 10.1. The SMILES string of the molecule is COC1O[C@H](CN=[N+]=[N-])[C@H](OCc2ccccc2)[C@H]1O. The van der Waals surface area contributed by atoms with Crippen LogP contribution in [0, 0.1) is 0 Å². The number of methoxy groups -OCH3 is 1. The zero-order valence-corrected chi connectivity index (χ0v) is 11.1. The van der Waals surface area contributed by atoms with E-state index < -0.39 is 24.6 Å². The lowest BCUT2D eigenvalue weighted by atomic mass is 10.1. The van der Waals surface area contributed by atoms with Crippen LogP contribution in [0.5, 0.6) is 0 Å². The largest absolute Gasteiger partial charge is 0.385 e. The Labute approximate surface area is 116 Å². The molecule has 4 atom stereocenters. The van der Waals surface area contributed by atoms with Gasteiger partial charge in [-0.15, -0.1) is 0 Å². The number of hydrogen-bond donors (Lipinski definition) is 1. The topological polar surface area (TPSA) is 96.7 Å². The second-order valence-electron chi connectivity index (χ2n) is 4.44. The molecular formula is C13H17N3O4. The van der Waals surface area contributed by atoms with Crippen LogP contribution >= 0.6 is 0 Å². The van der Waals surface area contributed by atoms with Crippen molar-refractivity contribution in [3.63, 3.8) is 0 Å². The molecule has 7 nitrogen and oxygen atoms in total. The Bertz CT molecular complexity index is 464. The van der Waals surface area contributed by atoms with Gasteiger partial charge in [-0.3, -0.25) is 0 Å². The molecule has 0 amide bonds. The first-order valence-corrected chi connectivity index (χ1v) is 6.29. The molecule has 0 radical (unpaired) electrons. The summed E-state index contributed by atoms with van der Waals surface area (Å²) < 4.78 is 16.2. The fourth-order valence-corrected chi connectivity index (χ4v) is 2.14. The number of benzene rings is 1. The molecule has 1 N–H and O–H groups in total. The first kappa shape index (κ1) is 14.8. The predicted molar refractivity (Wildman–Crippen MR) is 70.7 cm³/mol. The Morgan fingerprint density at radius 2 is 2.15 bits per heavy atom. The summed E-state index contributed by atoms with van der Waals surface area (Å²) in [4.78, 5) is 2.69. The average Bonchev–Trinajstić information content (AvgIpc) is 2.79. The van der Waals surface area contributed by atoms with Crippen LogP contribution in [0.2, 0.25) is 0 Å². The molecule has 0 aliphatic carbocycles. The fraction of sp³-hybridized carbons (Fsp3) is 0.538. The van der Waals surface area contributed by atoms with E-state index in [-0.39, 0.29) is 6.54 Å². The minimum atomic E-state index is -0.914. The first-order valence-electron chi connectivity index (χ1n) is 6.29. The van der Waals surface area contributed by atoms with Gasteiger partial charge in [0.2, 0.25) is 0 Å². The molecule has 1 heterocycles. The molecule has 2 rings (SSSR count). The third-order valence-electron chi connectivity index (χ3n) is 3.13. The van der Waals surface area contributed by atoms with Gasteiger partial charge in [-0.1, -0.05) is 35.4 Å². The molecule has 1 unspecified atom stereocenters. The summed E-state index contributed by atoms with van der Waals surface area (Å²) in [5.41, 5.74) is 9.37. The Kier molecular flexibility index (Phi) is 5.34. The Morgan fingerprint density at radius 1 is 1.40 bits per heavy atom. The van der Waals surface area contributed by atoms with Crippen LogP contribution in [0.3, 0.4) is 0 Å². The van der Waals surface area contributed by atoms with Crippen molar-refractivity contribution < 1.29 is 19.3 Å².